The van der Waals surface area contributed by atoms with E-state index >= 15 is 0 Å². The van der Waals surface area contributed by atoms with Gasteiger partial charge in [0.15, 0.2) is 0 Å². The molecule has 2 rings (SSSR count). The van der Waals surface area contributed by atoms with Gasteiger partial charge in [-0.2, -0.15) is 0 Å². The Morgan fingerprint density at radius 1 is 1.44 bits per heavy atom. The molecule has 1 aliphatic rings. The summed E-state index contributed by atoms with van der Waals surface area (Å²) in [5.74, 6) is -0.0841. The van der Waals surface area contributed by atoms with Gasteiger partial charge in [0.25, 0.3) is 0 Å². The molecule has 0 unspecified atom stereocenters. The summed E-state index contributed by atoms with van der Waals surface area (Å²) in [6, 6.07) is 0. The second-order valence-electron chi connectivity index (χ2n) is 4.26. The van der Waals surface area contributed by atoms with Gasteiger partial charge >= 0.3 is 5.97 Å². The van der Waals surface area contributed by atoms with Gasteiger partial charge in [0.1, 0.15) is 11.5 Å². The molecular weight excluding hydrogens is 206 g/mol. The number of carbonyl (C=O) groups is 1. The number of hydrogen-bond donors (Lipinski definition) is 1. The van der Waals surface area contributed by atoms with Gasteiger partial charge in [0, 0.05) is 7.05 Å². The van der Waals surface area contributed by atoms with E-state index in [1.54, 1.807) is 11.6 Å². The zero-order valence-electron chi connectivity index (χ0n) is 9.52. The third kappa shape index (κ3) is 2.24. The number of aromatic carboxylic acids is 1. The maximum absolute atomic E-state index is 10.9. The third-order valence-corrected chi connectivity index (χ3v) is 3.12. The van der Waals surface area contributed by atoms with Gasteiger partial charge in [-0.05, 0) is 25.9 Å². The summed E-state index contributed by atoms with van der Waals surface area (Å²) < 4.78 is 1.66. The van der Waals surface area contributed by atoms with Crippen LogP contribution in [-0.4, -0.2) is 38.6 Å². The number of nitrogens with zero attached hydrogens (tertiary/aromatic N) is 3. The lowest BCUT2D eigenvalue weighted by atomic mass is 10.1. The molecule has 1 aromatic rings. The van der Waals surface area contributed by atoms with Crippen LogP contribution >= 0.6 is 0 Å². The SMILES string of the molecule is Cn1c(C(=O)O)cnc1CN1CCCCC1. The number of carboxylic acids is 1. The number of carboxylic acid groups (broad SMARTS) is 1. The van der Waals surface area contributed by atoms with Crippen molar-refractivity contribution in [2.75, 3.05) is 13.1 Å². The van der Waals surface area contributed by atoms with Crippen molar-refractivity contribution >= 4 is 5.97 Å². The first-order chi connectivity index (χ1) is 7.68. The Balaban J connectivity index is 2.06. The maximum Gasteiger partial charge on any atom is 0.354 e. The lowest BCUT2D eigenvalue weighted by Crippen LogP contribution is -2.30. The molecule has 88 valence electrons. The molecule has 0 atom stereocenters. The highest BCUT2D eigenvalue weighted by Crippen LogP contribution is 2.12. The van der Waals surface area contributed by atoms with Gasteiger partial charge in [-0.15, -0.1) is 0 Å². The van der Waals surface area contributed by atoms with E-state index in [2.05, 4.69) is 9.88 Å². The summed E-state index contributed by atoms with van der Waals surface area (Å²) in [4.78, 5) is 17.4. The Labute approximate surface area is 94.7 Å². The van der Waals surface area contributed by atoms with E-state index in [-0.39, 0.29) is 5.69 Å². The largest absolute Gasteiger partial charge is 0.477 e. The zero-order chi connectivity index (χ0) is 11.5. The van der Waals surface area contributed by atoms with E-state index in [1.165, 1.54) is 25.5 Å². The van der Waals surface area contributed by atoms with Gasteiger partial charge in [0.2, 0.25) is 0 Å². The van der Waals surface area contributed by atoms with Crippen LogP contribution in [-0.2, 0) is 13.6 Å². The predicted molar refractivity (Wildman–Crippen MR) is 59.3 cm³/mol. The van der Waals surface area contributed by atoms with Gasteiger partial charge in [0.05, 0.1) is 12.7 Å². The number of imidazole rings is 1. The molecule has 1 aromatic heterocycles. The molecule has 1 saturated heterocycles. The molecule has 16 heavy (non-hydrogen) atoms. The van der Waals surface area contributed by atoms with Crippen molar-refractivity contribution in [1.82, 2.24) is 14.5 Å². The summed E-state index contributed by atoms with van der Waals surface area (Å²) >= 11 is 0. The average Bonchev–Trinajstić information content (AvgIpc) is 2.62. The maximum atomic E-state index is 10.9. The smallest absolute Gasteiger partial charge is 0.354 e. The van der Waals surface area contributed by atoms with Crippen LogP contribution in [0, 0.1) is 0 Å². The fraction of sp³-hybridized carbons (Fsp3) is 0.636. The molecule has 0 amide bonds. The first kappa shape index (κ1) is 11.1. The van der Waals surface area contributed by atoms with Crippen LogP contribution in [0.15, 0.2) is 6.20 Å². The Bertz CT molecular complexity index is 381. The molecule has 0 aromatic carbocycles. The summed E-state index contributed by atoms with van der Waals surface area (Å²) in [6.45, 7) is 2.94. The van der Waals surface area contributed by atoms with Crippen LogP contribution in [0.1, 0.15) is 35.6 Å². The van der Waals surface area contributed by atoms with E-state index < -0.39 is 5.97 Å². The Morgan fingerprint density at radius 3 is 2.69 bits per heavy atom. The van der Waals surface area contributed by atoms with Gasteiger partial charge in [-0.25, -0.2) is 9.78 Å². The van der Waals surface area contributed by atoms with Crippen LogP contribution < -0.4 is 0 Å². The van der Waals surface area contributed by atoms with Crippen LogP contribution in [0.3, 0.4) is 0 Å². The molecule has 5 nitrogen and oxygen atoms in total. The fourth-order valence-electron chi connectivity index (χ4n) is 2.11. The minimum atomic E-state index is -0.917. The van der Waals surface area contributed by atoms with Crippen molar-refractivity contribution in [2.24, 2.45) is 7.05 Å². The van der Waals surface area contributed by atoms with Crippen LogP contribution in [0.5, 0.6) is 0 Å². The van der Waals surface area contributed by atoms with Crippen molar-refractivity contribution in [1.29, 1.82) is 0 Å². The molecular formula is C11H17N3O2. The van der Waals surface area contributed by atoms with Crippen LogP contribution in [0.25, 0.3) is 0 Å². The van der Waals surface area contributed by atoms with E-state index in [9.17, 15) is 4.79 Å². The van der Waals surface area contributed by atoms with Gasteiger partial charge in [-0.3, -0.25) is 4.90 Å². The standard InChI is InChI=1S/C11H17N3O2/c1-13-9(11(15)16)7-12-10(13)8-14-5-3-2-4-6-14/h7H,2-6,8H2,1H3,(H,15,16). The zero-order valence-corrected chi connectivity index (χ0v) is 9.52. The molecule has 5 heteroatoms. The average molecular weight is 223 g/mol. The van der Waals surface area contributed by atoms with E-state index in [1.807, 2.05) is 0 Å². The summed E-state index contributed by atoms with van der Waals surface area (Å²) in [5, 5.41) is 8.91. The molecule has 0 aliphatic carbocycles. The minimum Gasteiger partial charge on any atom is -0.477 e. The predicted octanol–water partition coefficient (Wildman–Crippen LogP) is 1.10. The first-order valence-electron chi connectivity index (χ1n) is 5.64. The Hall–Kier alpha value is -1.36. The normalized spacial score (nSPS) is 17.6. The second-order valence-corrected chi connectivity index (χ2v) is 4.26. The van der Waals surface area contributed by atoms with Crippen molar-refractivity contribution in [2.45, 2.75) is 25.8 Å². The summed E-state index contributed by atoms with van der Waals surface area (Å²) in [7, 11) is 1.76. The highest BCUT2D eigenvalue weighted by molar-refractivity contribution is 5.85. The monoisotopic (exact) mass is 223 g/mol. The molecule has 2 heterocycles. The number of aromatic nitrogens is 2. The topological polar surface area (TPSA) is 58.4 Å². The van der Waals surface area contributed by atoms with Crippen molar-refractivity contribution in [3.63, 3.8) is 0 Å². The Kier molecular flexibility index (Phi) is 3.24. The van der Waals surface area contributed by atoms with Crippen molar-refractivity contribution < 1.29 is 9.90 Å². The molecule has 1 N–H and O–H groups in total. The minimum absolute atomic E-state index is 0.256. The van der Waals surface area contributed by atoms with E-state index in [0.717, 1.165) is 25.5 Å². The quantitative estimate of drug-likeness (QED) is 0.833. The number of piperidine rings is 1. The molecule has 0 radical (unpaired) electrons. The molecule has 0 spiro atoms. The molecule has 1 fully saturated rings. The number of hydrogen-bond acceptors (Lipinski definition) is 3. The molecule has 0 saturated carbocycles. The summed E-state index contributed by atoms with van der Waals surface area (Å²) in [6.07, 6.45) is 5.20. The highest BCUT2D eigenvalue weighted by Gasteiger charge is 2.16. The van der Waals surface area contributed by atoms with Crippen molar-refractivity contribution in [3.8, 4) is 0 Å². The number of likely N-dealkylation sites (tertiary alicyclic amines) is 1. The highest BCUT2D eigenvalue weighted by atomic mass is 16.4. The van der Waals surface area contributed by atoms with Gasteiger partial charge < -0.3 is 9.67 Å². The third-order valence-electron chi connectivity index (χ3n) is 3.12. The fourth-order valence-corrected chi connectivity index (χ4v) is 2.11. The van der Waals surface area contributed by atoms with E-state index in [4.69, 9.17) is 5.11 Å². The van der Waals surface area contributed by atoms with Crippen LogP contribution in [0.2, 0.25) is 0 Å². The van der Waals surface area contributed by atoms with E-state index in [0.29, 0.717) is 0 Å². The van der Waals surface area contributed by atoms with Crippen molar-refractivity contribution in [3.05, 3.63) is 17.7 Å². The summed E-state index contributed by atoms with van der Waals surface area (Å²) in [5.41, 5.74) is 0.256. The van der Waals surface area contributed by atoms with Gasteiger partial charge in [-0.1, -0.05) is 6.42 Å². The number of rotatable bonds is 3. The molecule has 0 bridgehead atoms. The molecule has 1 aliphatic heterocycles. The lowest BCUT2D eigenvalue weighted by molar-refractivity contribution is 0.0685. The van der Waals surface area contributed by atoms with Crippen LogP contribution in [0.4, 0.5) is 0 Å². The lowest BCUT2D eigenvalue weighted by Gasteiger charge is -2.25. The Morgan fingerprint density at radius 2 is 2.12 bits per heavy atom. The second kappa shape index (κ2) is 4.65. The first-order valence-corrected chi connectivity index (χ1v) is 5.64.